The number of hydrogen-bond donors (Lipinski definition) is 3. The Morgan fingerprint density at radius 1 is 1.03 bits per heavy atom. The van der Waals surface area contributed by atoms with Crippen molar-refractivity contribution < 1.29 is 29.0 Å². The summed E-state index contributed by atoms with van der Waals surface area (Å²) in [6.45, 7) is 0.342. The number of methoxy groups -OCH3 is 1. The zero-order valence-corrected chi connectivity index (χ0v) is 20.1. The molecule has 0 fully saturated rings. The van der Waals surface area contributed by atoms with Crippen molar-refractivity contribution in [3.8, 4) is 11.1 Å². The van der Waals surface area contributed by atoms with Crippen molar-refractivity contribution in [3.63, 3.8) is 0 Å². The Morgan fingerprint density at radius 2 is 1.65 bits per heavy atom. The number of fused-ring (bicyclic) bond motifs is 3. The molecule has 0 heterocycles. The number of amides is 2. The molecule has 9 heteroatoms. The molecule has 2 amide bonds. The Morgan fingerprint density at radius 3 is 2.21 bits per heavy atom. The smallest absolute Gasteiger partial charge is 0.407 e. The molecule has 1 aliphatic carbocycles. The number of alkyl carbamates (subject to hydrolysis) is 1. The van der Waals surface area contributed by atoms with Gasteiger partial charge in [-0.25, -0.2) is 9.59 Å². The highest BCUT2D eigenvalue weighted by atomic mass is 32.2. The van der Waals surface area contributed by atoms with Crippen LogP contribution >= 0.6 is 11.8 Å². The third-order valence-corrected chi connectivity index (χ3v) is 6.47. The van der Waals surface area contributed by atoms with Gasteiger partial charge in [-0.05, 0) is 40.7 Å². The highest BCUT2D eigenvalue weighted by molar-refractivity contribution is 7.98. The summed E-state index contributed by atoms with van der Waals surface area (Å²) in [5.74, 6) is -1.04. The molecule has 34 heavy (non-hydrogen) atoms. The Bertz CT molecular complexity index is 969. The molecule has 1 aliphatic rings. The summed E-state index contributed by atoms with van der Waals surface area (Å²) >= 11 is 1.50. The third-order valence-electron chi connectivity index (χ3n) is 5.82. The number of carboxylic acid groups (broad SMARTS) is 1. The Balaban J connectivity index is 1.48. The highest BCUT2D eigenvalue weighted by Crippen LogP contribution is 2.44. The summed E-state index contributed by atoms with van der Waals surface area (Å²) in [6.07, 6.45) is 0.900. The van der Waals surface area contributed by atoms with E-state index in [0.717, 1.165) is 22.3 Å². The molecule has 0 aliphatic heterocycles. The van der Waals surface area contributed by atoms with Crippen LogP contribution in [0.5, 0.6) is 0 Å². The molecule has 0 spiro atoms. The molecule has 1 unspecified atom stereocenters. The molecule has 182 valence electrons. The maximum Gasteiger partial charge on any atom is 0.407 e. The molecule has 0 aromatic heterocycles. The van der Waals surface area contributed by atoms with Gasteiger partial charge >= 0.3 is 12.1 Å². The highest BCUT2D eigenvalue weighted by Gasteiger charge is 2.29. The zero-order valence-electron chi connectivity index (χ0n) is 19.3. The fourth-order valence-corrected chi connectivity index (χ4v) is 4.54. The average Bonchev–Trinajstić information content (AvgIpc) is 3.16. The van der Waals surface area contributed by atoms with Crippen molar-refractivity contribution in [2.45, 2.75) is 30.9 Å². The van der Waals surface area contributed by atoms with E-state index in [1.54, 1.807) is 0 Å². The van der Waals surface area contributed by atoms with Crippen LogP contribution in [0.3, 0.4) is 0 Å². The second-order valence-corrected chi connectivity index (χ2v) is 8.93. The van der Waals surface area contributed by atoms with Crippen molar-refractivity contribution in [2.75, 3.05) is 32.3 Å². The first kappa shape index (κ1) is 25.6. The molecular weight excluding hydrogens is 456 g/mol. The van der Waals surface area contributed by atoms with Gasteiger partial charge in [-0.1, -0.05) is 48.5 Å². The molecule has 0 saturated carbocycles. The summed E-state index contributed by atoms with van der Waals surface area (Å²) in [6, 6.07) is 15.2. The van der Waals surface area contributed by atoms with E-state index < -0.39 is 30.1 Å². The maximum absolute atomic E-state index is 12.4. The summed E-state index contributed by atoms with van der Waals surface area (Å²) < 4.78 is 10.7. The number of rotatable bonds is 12. The van der Waals surface area contributed by atoms with Gasteiger partial charge in [-0.2, -0.15) is 11.8 Å². The number of nitrogens with one attached hydrogen (secondary N) is 2. The molecule has 2 aromatic carbocycles. The Hall–Kier alpha value is -3.04. The van der Waals surface area contributed by atoms with Crippen LogP contribution in [0, 0.1) is 0 Å². The molecule has 0 saturated heterocycles. The lowest BCUT2D eigenvalue weighted by Crippen LogP contribution is -2.47. The number of benzene rings is 2. The van der Waals surface area contributed by atoms with Gasteiger partial charge in [0.05, 0.1) is 0 Å². The first-order valence-electron chi connectivity index (χ1n) is 11.1. The Kier molecular flexibility index (Phi) is 9.35. The largest absolute Gasteiger partial charge is 0.480 e. The summed E-state index contributed by atoms with van der Waals surface area (Å²) in [7, 11) is 1.37. The summed E-state index contributed by atoms with van der Waals surface area (Å²) in [5.41, 5.74) is 4.56. The van der Waals surface area contributed by atoms with E-state index in [0.29, 0.717) is 12.2 Å². The van der Waals surface area contributed by atoms with Crippen LogP contribution in [0.25, 0.3) is 11.1 Å². The van der Waals surface area contributed by atoms with E-state index in [2.05, 4.69) is 22.8 Å². The van der Waals surface area contributed by atoms with Gasteiger partial charge in [-0.3, -0.25) is 4.79 Å². The van der Waals surface area contributed by atoms with Gasteiger partial charge in [-0.15, -0.1) is 0 Å². The van der Waals surface area contributed by atoms with Gasteiger partial charge in [0.2, 0.25) is 5.91 Å². The fraction of sp³-hybridized carbons (Fsp3) is 0.400. The third kappa shape index (κ3) is 6.30. The van der Waals surface area contributed by atoms with Gasteiger partial charge in [0, 0.05) is 26.0 Å². The molecule has 2 aromatic rings. The SMILES string of the molecule is COC(CCNC(=O)OCC1c2ccccc2-c2ccccc21)C(=O)N[C@@H](CCSC)C(=O)O. The molecule has 3 N–H and O–H groups in total. The van der Waals surface area contributed by atoms with Crippen LogP contribution < -0.4 is 10.6 Å². The van der Waals surface area contributed by atoms with E-state index >= 15 is 0 Å². The molecule has 0 radical (unpaired) electrons. The van der Waals surface area contributed by atoms with Crippen molar-refractivity contribution in [1.82, 2.24) is 10.6 Å². The van der Waals surface area contributed by atoms with Crippen molar-refractivity contribution in [3.05, 3.63) is 59.7 Å². The number of thioether (sulfide) groups is 1. The van der Waals surface area contributed by atoms with Crippen LogP contribution in [-0.4, -0.2) is 67.5 Å². The second-order valence-electron chi connectivity index (χ2n) is 7.95. The standard InChI is InChI=1S/C25H30N2O6S/c1-32-22(23(28)27-21(24(29)30)12-14-34-2)11-13-26-25(31)33-15-20-18-9-5-3-7-16(18)17-8-4-6-10-19(17)20/h3-10,20-22H,11-15H2,1-2H3,(H,26,31)(H,27,28)(H,29,30)/t21-,22?/m0/s1. The lowest BCUT2D eigenvalue weighted by molar-refractivity contribution is -0.144. The zero-order chi connectivity index (χ0) is 24.5. The van der Waals surface area contributed by atoms with E-state index in [4.69, 9.17) is 9.47 Å². The van der Waals surface area contributed by atoms with Gasteiger partial charge in [0.25, 0.3) is 0 Å². The summed E-state index contributed by atoms with van der Waals surface area (Å²) in [5, 5.41) is 14.4. The predicted octanol–water partition coefficient (Wildman–Crippen LogP) is 3.25. The number of aliphatic carboxylic acids is 1. The Labute approximate surface area is 203 Å². The van der Waals surface area contributed by atoms with Gasteiger partial charge < -0.3 is 25.2 Å². The molecule has 8 nitrogen and oxygen atoms in total. The summed E-state index contributed by atoms with van der Waals surface area (Å²) in [4.78, 5) is 36.1. The van der Waals surface area contributed by atoms with E-state index in [1.807, 2.05) is 42.7 Å². The molecule has 0 bridgehead atoms. The number of hydrogen-bond acceptors (Lipinski definition) is 6. The number of carbonyl (C=O) groups excluding carboxylic acids is 2. The number of ether oxygens (including phenoxy) is 2. The van der Waals surface area contributed by atoms with Crippen LogP contribution in [0.1, 0.15) is 29.9 Å². The molecular formula is C25H30N2O6S. The molecule has 3 rings (SSSR count). The quantitative estimate of drug-likeness (QED) is 0.422. The average molecular weight is 487 g/mol. The van der Waals surface area contributed by atoms with E-state index in [1.165, 1.54) is 18.9 Å². The predicted molar refractivity (Wildman–Crippen MR) is 131 cm³/mol. The first-order chi connectivity index (χ1) is 16.5. The van der Waals surface area contributed by atoms with Crippen LogP contribution in [0.2, 0.25) is 0 Å². The van der Waals surface area contributed by atoms with Crippen LogP contribution in [-0.2, 0) is 19.1 Å². The normalized spacial score (nSPS) is 13.9. The minimum Gasteiger partial charge on any atom is -0.480 e. The monoisotopic (exact) mass is 486 g/mol. The van der Waals surface area contributed by atoms with Crippen molar-refractivity contribution >= 4 is 29.7 Å². The van der Waals surface area contributed by atoms with Crippen molar-refractivity contribution in [2.24, 2.45) is 0 Å². The van der Waals surface area contributed by atoms with Crippen molar-refractivity contribution in [1.29, 1.82) is 0 Å². The van der Waals surface area contributed by atoms with E-state index in [-0.39, 0.29) is 25.5 Å². The molecule has 2 atom stereocenters. The van der Waals surface area contributed by atoms with E-state index in [9.17, 15) is 19.5 Å². The number of carboxylic acids is 1. The minimum atomic E-state index is -1.09. The van der Waals surface area contributed by atoms with Gasteiger partial charge in [0.1, 0.15) is 18.8 Å². The van der Waals surface area contributed by atoms with Crippen LogP contribution in [0.4, 0.5) is 4.79 Å². The minimum absolute atomic E-state index is 0.0371. The van der Waals surface area contributed by atoms with Crippen LogP contribution in [0.15, 0.2) is 48.5 Å². The topological polar surface area (TPSA) is 114 Å². The first-order valence-corrected chi connectivity index (χ1v) is 12.5. The fourth-order valence-electron chi connectivity index (χ4n) is 4.07. The van der Waals surface area contributed by atoms with Gasteiger partial charge in [0.15, 0.2) is 0 Å². The second kappa shape index (κ2) is 12.4. The maximum atomic E-state index is 12.4. The lowest BCUT2D eigenvalue weighted by atomic mass is 9.98. The lowest BCUT2D eigenvalue weighted by Gasteiger charge is -2.19. The number of carbonyl (C=O) groups is 3.